The van der Waals surface area contributed by atoms with Crippen LogP contribution < -0.4 is 10.1 Å². The third kappa shape index (κ3) is 3.27. The molecule has 108 valence electrons. The van der Waals surface area contributed by atoms with Gasteiger partial charge in [-0.1, -0.05) is 46.3 Å². The Morgan fingerprint density at radius 3 is 2.86 bits per heavy atom. The van der Waals surface area contributed by atoms with Gasteiger partial charge < -0.3 is 10.1 Å². The Morgan fingerprint density at radius 1 is 1.24 bits per heavy atom. The quantitative estimate of drug-likeness (QED) is 0.861. The van der Waals surface area contributed by atoms with Gasteiger partial charge in [-0.2, -0.15) is 0 Å². The van der Waals surface area contributed by atoms with E-state index < -0.39 is 0 Å². The van der Waals surface area contributed by atoms with E-state index in [1.54, 1.807) is 0 Å². The van der Waals surface area contributed by atoms with Gasteiger partial charge in [-0.05, 0) is 29.3 Å². The van der Waals surface area contributed by atoms with E-state index in [-0.39, 0.29) is 10.7 Å². The molecule has 1 amide bonds. The number of alkyl halides is 1. The number of carbonyl (C=O) groups excluding carboxylic acids is 1. The second-order valence-electron chi connectivity index (χ2n) is 5.01. The van der Waals surface area contributed by atoms with Gasteiger partial charge in [0.2, 0.25) is 0 Å². The normalized spacial score (nSPS) is 14.1. The van der Waals surface area contributed by atoms with Crippen LogP contribution in [-0.2, 0) is 6.42 Å². The van der Waals surface area contributed by atoms with Crippen molar-refractivity contribution >= 4 is 21.8 Å². The van der Waals surface area contributed by atoms with E-state index in [2.05, 4.69) is 21.2 Å². The molecule has 0 bridgehead atoms. The summed E-state index contributed by atoms with van der Waals surface area (Å²) in [5, 5.41) is 2.96. The smallest absolute Gasteiger partial charge is 0.251 e. The summed E-state index contributed by atoms with van der Waals surface area (Å²) in [7, 11) is 0. The zero-order chi connectivity index (χ0) is 14.7. The maximum atomic E-state index is 12.2. The number of amides is 1. The summed E-state index contributed by atoms with van der Waals surface area (Å²) in [5.74, 6) is 0.847. The predicted octanol–water partition coefficient (Wildman–Crippen LogP) is 3.49. The van der Waals surface area contributed by atoms with Crippen molar-refractivity contribution in [1.29, 1.82) is 0 Å². The lowest BCUT2D eigenvalue weighted by Gasteiger charge is -2.12. The second-order valence-corrected chi connectivity index (χ2v) is 6.11. The van der Waals surface area contributed by atoms with Crippen LogP contribution in [0.1, 0.15) is 26.3 Å². The summed E-state index contributed by atoms with van der Waals surface area (Å²) >= 11 is 3.60. The maximum absolute atomic E-state index is 12.2. The number of ether oxygens (including phenoxy) is 1. The number of carbonyl (C=O) groups is 1. The van der Waals surface area contributed by atoms with Gasteiger partial charge in [0, 0.05) is 18.5 Å². The van der Waals surface area contributed by atoms with Crippen LogP contribution in [0, 0.1) is 0 Å². The van der Waals surface area contributed by atoms with Crippen molar-refractivity contribution in [3.05, 3.63) is 65.2 Å². The van der Waals surface area contributed by atoms with Crippen molar-refractivity contribution < 1.29 is 9.53 Å². The Balaban J connectivity index is 1.62. The third-order valence-electron chi connectivity index (χ3n) is 3.55. The van der Waals surface area contributed by atoms with Crippen LogP contribution in [0.2, 0.25) is 0 Å². The van der Waals surface area contributed by atoms with Crippen LogP contribution in [0.5, 0.6) is 5.75 Å². The van der Waals surface area contributed by atoms with E-state index in [0.29, 0.717) is 18.7 Å². The Kier molecular flexibility index (Phi) is 4.25. The standard InChI is InChI=1S/C17H16BrNO2/c18-15(12-4-2-1-3-5-12)11-19-17(20)14-6-7-16-13(10-14)8-9-21-16/h1-7,10,15H,8-9,11H2,(H,19,20). The highest BCUT2D eigenvalue weighted by Gasteiger charge is 2.15. The molecule has 3 rings (SSSR count). The van der Waals surface area contributed by atoms with Crippen LogP contribution >= 0.6 is 15.9 Å². The van der Waals surface area contributed by atoms with Crippen LogP contribution in [0.4, 0.5) is 0 Å². The average Bonchev–Trinajstić information content (AvgIpc) is 3.00. The van der Waals surface area contributed by atoms with E-state index in [1.807, 2.05) is 48.5 Å². The molecule has 0 fully saturated rings. The first-order chi connectivity index (χ1) is 10.2. The molecule has 2 aromatic carbocycles. The number of hydrogen-bond donors (Lipinski definition) is 1. The first kappa shape index (κ1) is 14.1. The largest absolute Gasteiger partial charge is 0.493 e. The Hall–Kier alpha value is -1.81. The van der Waals surface area contributed by atoms with Gasteiger partial charge in [-0.15, -0.1) is 0 Å². The zero-order valence-corrected chi connectivity index (χ0v) is 13.1. The number of benzene rings is 2. The molecule has 1 unspecified atom stereocenters. The minimum atomic E-state index is -0.0509. The SMILES string of the molecule is O=C(NCC(Br)c1ccccc1)c1ccc2c(c1)CCO2. The van der Waals surface area contributed by atoms with Crippen molar-refractivity contribution in [1.82, 2.24) is 5.32 Å². The van der Waals surface area contributed by atoms with Crippen molar-refractivity contribution in [2.45, 2.75) is 11.2 Å². The van der Waals surface area contributed by atoms with Crippen molar-refractivity contribution in [3.8, 4) is 5.75 Å². The van der Waals surface area contributed by atoms with Gasteiger partial charge >= 0.3 is 0 Å². The molecule has 0 radical (unpaired) electrons. The lowest BCUT2D eigenvalue weighted by atomic mass is 10.1. The minimum Gasteiger partial charge on any atom is -0.493 e. The molecule has 1 aliphatic heterocycles. The van der Waals surface area contributed by atoms with Crippen molar-refractivity contribution in [2.75, 3.05) is 13.2 Å². The van der Waals surface area contributed by atoms with Gasteiger partial charge in [0.15, 0.2) is 0 Å². The number of fused-ring (bicyclic) bond motifs is 1. The highest BCUT2D eigenvalue weighted by Crippen LogP contribution is 2.26. The summed E-state index contributed by atoms with van der Waals surface area (Å²) < 4.78 is 5.45. The summed E-state index contributed by atoms with van der Waals surface area (Å²) in [6, 6.07) is 15.7. The summed E-state index contributed by atoms with van der Waals surface area (Å²) in [4.78, 5) is 12.3. The molecule has 0 aliphatic carbocycles. The second kappa shape index (κ2) is 6.31. The lowest BCUT2D eigenvalue weighted by Crippen LogP contribution is -2.26. The summed E-state index contributed by atoms with van der Waals surface area (Å²) in [5.41, 5.74) is 2.95. The molecule has 0 aromatic heterocycles. The van der Waals surface area contributed by atoms with Crippen LogP contribution in [-0.4, -0.2) is 19.1 Å². The van der Waals surface area contributed by atoms with Crippen LogP contribution in [0.3, 0.4) is 0 Å². The molecular formula is C17H16BrNO2. The molecule has 2 aromatic rings. The average molecular weight is 346 g/mol. The van der Waals surface area contributed by atoms with Crippen LogP contribution in [0.15, 0.2) is 48.5 Å². The van der Waals surface area contributed by atoms with Gasteiger partial charge in [0.05, 0.1) is 11.4 Å². The third-order valence-corrected chi connectivity index (χ3v) is 4.41. The Morgan fingerprint density at radius 2 is 2.05 bits per heavy atom. The molecular weight excluding hydrogens is 330 g/mol. The van der Waals surface area contributed by atoms with E-state index >= 15 is 0 Å². The monoisotopic (exact) mass is 345 g/mol. The molecule has 1 atom stereocenters. The van der Waals surface area contributed by atoms with E-state index in [4.69, 9.17) is 4.74 Å². The topological polar surface area (TPSA) is 38.3 Å². The van der Waals surface area contributed by atoms with Crippen molar-refractivity contribution in [2.24, 2.45) is 0 Å². The molecule has 0 saturated heterocycles. The number of rotatable bonds is 4. The number of nitrogens with one attached hydrogen (secondary N) is 1. The lowest BCUT2D eigenvalue weighted by molar-refractivity contribution is 0.0954. The first-order valence-electron chi connectivity index (χ1n) is 6.97. The summed E-state index contributed by atoms with van der Waals surface area (Å²) in [6.45, 7) is 1.26. The predicted molar refractivity (Wildman–Crippen MR) is 86.1 cm³/mol. The van der Waals surface area contributed by atoms with E-state index in [0.717, 1.165) is 23.3 Å². The zero-order valence-electron chi connectivity index (χ0n) is 11.5. The molecule has 1 aliphatic rings. The molecule has 4 heteroatoms. The fourth-order valence-corrected chi connectivity index (χ4v) is 2.86. The Bertz CT molecular complexity index is 642. The fraction of sp³-hybridized carbons (Fsp3) is 0.235. The molecule has 21 heavy (non-hydrogen) atoms. The van der Waals surface area contributed by atoms with Crippen LogP contribution in [0.25, 0.3) is 0 Å². The van der Waals surface area contributed by atoms with E-state index in [9.17, 15) is 4.79 Å². The first-order valence-corrected chi connectivity index (χ1v) is 7.88. The highest BCUT2D eigenvalue weighted by atomic mass is 79.9. The maximum Gasteiger partial charge on any atom is 0.251 e. The molecule has 0 spiro atoms. The van der Waals surface area contributed by atoms with Gasteiger partial charge in [-0.25, -0.2) is 0 Å². The molecule has 1 heterocycles. The number of halogens is 1. The fourth-order valence-electron chi connectivity index (χ4n) is 2.39. The summed E-state index contributed by atoms with van der Waals surface area (Å²) in [6.07, 6.45) is 0.877. The van der Waals surface area contributed by atoms with Crippen molar-refractivity contribution in [3.63, 3.8) is 0 Å². The molecule has 3 nitrogen and oxygen atoms in total. The Labute approximate surface area is 132 Å². The van der Waals surface area contributed by atoms with E-state index in [1.165, 1.54) is 0 Å². The van der Waals surface area contributed by atoms with Gasteiger partial charge in [-0.3, -0.25) is 4.79 Å². The molecule has 0 saturated carbocycles. The minimum absolute atomic E-state index is 0.0509. The molecule has 1 N–H and O–H groups in total. The number of hydrogen-bond acceptors (Lipinski definition) is 2. The highest BCUT2D eigenvalue weighted by molar-refractivity contribution is 9.09. The van der Waals surface area contributed by atoms with Gasteiger partial charge in [0.25, 0.3) is 5.91 Å². The van der Waals surface area contributed by atoms with Gasteiger partial charge in [0.1, 0.15) is 5.75 Å².